The SMILES string of the molecule is CC(=O)N[C@H]1CCc2ccc(S(=O)(=O)NCCN3CCC(C)CC3)cc21. The Balaban J connectivity index is 1.61. The van der Waals surface area contributed by atoms with Crippen LogP contribution in [0.3, 0.4) is 0 Å². The average molecular weight is 380 g/mol. The summed E-state index contributed by atoms with van der Waals surface area (Å²) >= 11 is 0. The Hall–Kier alpha value is -1.44. The number of carbonyl (C=O) groups excluding carboxylic acids is 1. The topological polar surface area (TPSA) is 78.5 Å². The summed E-state index contributed by atoms with van der Waals surface area (Å²) in [6.45, 7) is 7.00. The summed E-state index contributed by atoms with van der Waals surface area (Å²) in [6, 6.07) is 5.17. The lowest BCUT2D eigenvalue weighted by Crippen LogP contribution is -2.39. The van der Waals surface area contributed by atoms with Gasteiger partial charge in [-0.3, -0.25) is 4.79 Å². The van der Waals surface area contributed by atoms with Gasteiger partial charge in [0.25, 0.3) is 0 Å². The van der Waals surface area contributed by atoms with Crippen molar-refractivity contribution < 1.29 is 13.2 Å². The largest absolute Gasteiger partial charge is 0.350 e. The van der Waals surface area contributed by atoms with E-state index >= 15 is 0 Å². The Labute approximate surface area is 156 Å². The number of nitrogens with zero attached hydrogens (tertiary/aromatic N) is 1. The number of fused-ring (bicyclic) bond motifs is 1. The number of benzene rings is 1. The third-order valence-electron chi connectivity index (χ3n) is 5.48. The van der Waals surface area contributed by atoms with Gasteiger partial charge in [-0.05, 0) is 68.0 Å². The second-order valence-electron chi connectivity index (χ2n) is 7.57. The van der Waals surface area contributed by atoms with Crippen molar-refractivity contribution in [3.8, 4) is 0 Å². The molecule has 0 unspecified atom stereocenters. The summed E-state index contributed by atoms with van der Waals surface area (Å²) in [5, 5.41) is 2.91. The number of likely N-dealkylation sites (tertiary alicyclic amines) is 1. The fourth-order valence-electron chi connectivity index (χ4n) is 3.85. The molecule has 144 valence electrons. The Morgan fingerprint density at radius 1 is 1.23 bits per heavy atom. The van der Waals surface area contributed by atoms with Crippen molar-refractivity contribution in [3.05, 3.63) is 29.3 Å². The number of rotatable bonds is 6. The van der Waals surface area contributed by atoms with Crippen molar-refractivity contribution in [2.24, 2.45) is 5.92 Å². The van der Waals surface area contributed by atoms with Gasteiger partial charge in [-0.25, -0.2) is 13.1 Å². The molecule has 1 aromatic carbocycles. The number of carbonyl (C=O) groups is 1. The van der Waals surface area contributed by atoms with E-state index in [1.165, 1.54) is 19.8 Å². The van der Waals surface area contributed by atoms with E-state index in [-0.39, 0.29) is 16.8 Å². The number of hydrogen-bond acceptors (Lipinski definition) is 4. The summed E-state index contributed by atoms with van der Waals surface area (Å²) in [5.41, 5.74) is 2.04. The standard InChI is InChI=1S/C19H29N3O3S/c1-14-7-10-22(11-8-14)12-9-20-26(24,25)17-5-3-16-4-6-19(18(16)13-17)21-15(2)23/h3,5,13-14,19-20H,4,6-12H2,1-2H3,(H,21,23)/t19-/m0/s1. The van der Waals surface area contributed by atoms with Crippen LogP contribution >= 0.6 is 0 Å². The van der Waals surface area contributed by atoms with Gasteiger partial charge in [0.15, 0.2) is 0 Å². The van der Waals surface area contributed by atoms with Crippen LogP contribution in [-0.2, 0) is 21.2 Å². The zero-order valence-corrected chi connectivity index (χ0v) is 16.4. The maximum atomic E-state index is 12.6. The lowest BCUT2D eigenvalue weighted by Gasteiger charge is -2.30. The molecule has 1 heterocycles. The molecule has 1 atom stereocenters. The first kappa shape index (κ1) is 19.3. The van der Waals surface area contributed by atoms with E-state index < -0.39 is 10.0 Å². The zero-order chi connectivity index (χ0) is 18.7. The molecule has 1 aliphatic carbocycles. The molecule has 26 heavy (non-hydrogen) atoms. The second kappa shape index (κ2) is 8.06. The highest BCUT2D eigenvalue weighted by Crippen LogP contribution is 2.32. The predicted octanol–water partition coefficient (Wildman–Crippen LogP) is 1.82. The van der Waals surface area contributed by atoms with E-state index in [1.807, 2.05) is 6.07 Å². The molecule has 1 aliphatic heterocycles. The molecule has 7 heteroatoms. The second-order valence-corrected chi connectivity index (χ2v) is 9.34. The molecule has 0 aromatic heterocycles. The minimum Gasteiger partial charge on any atom is -0.350 e. The monoisotopic (exact) mass is 379 g/mol. The van der Waals surface area contributed by atoms with Gasteiger partial charge in [-0.2, -0.15) is 0 Å². The lowest BCUT2D eigenvalue weighted by atomic mass is 9.99. The Kier molecular flexibility index (Phi) is 5.99. The first-order valence-electron chi connectivity index (χ1n) is 9.47. The molecule has 2 aliphatic rings. The first-order valence-corrected chi connectivity index (χ1v) is 11.0. The van der Waals surface area contributed by atoms with Crippen LogP contribution in [0.5, 0.6) is 0 Å². The molecule has 2 N–H and O–H groups in total. The van der Waals surface area contributed by atoms with E-state index in [1.54, 1.807) is 12.1 Å². The third-order valence-corrected chi connectivity index (χ3v) is 6.94. The van der Waals surface area contributed by atoms with Crippen molar-refractivity contribution in [2.45, 2.75) is 50.5 Å². The number of piperidine rings is 1. The highest BCUT2D eigenvalue weighted by atomic mass is 32.2. The molecule has 0 spiro atoms. The fraction of sp³-hybridized carbons (Fsp3) is 0.632. The maximum Gasteiger partial charge on any atom is 0.240 e. The number of hydrogen-bond donors (Lipinski definition) is 2. The van der Waals surface area contributed by atoms with Crippen LogP contribution in [0.25, 0.3) is 0 Å². The van der Waals surface area contributed by atoms with Crippen LogP contribution in [0.15, 0.2) is 23.1 Å². The van der Waals surface area contributed by atoms with E-state index in [2.05, 4.69) is 21.9 Å². The molecule has 1 fully saturated rings. The van der Waals surface area contributed by atoms with E-state index in [0.29, 0.717) is 6.54 Å². The zero-order valence-electron chi connectivity index (χ0n) is 15.6. The molecule has 1 aromatic rings. The van der Waals surface area contributed by atoms with Crippen LogP contribution in [0, 0.1) is 5.92 Å². The highest BCUT2D eigenvalue weighted by Gasteiger charge is 2.26. The van der Waals surface area contributed by atoms with Gasteiger partial charge in [-0.1, -0.05) is 13.0 Å². The van der Waals surface area contributed by atoms with E-state index in [9.17, 15) is 13.2 Å². The minimum absolute atomic E-state index is 0.0898. The smallest absolute Gasteiger partial charge is 0.240 e. The van der Waals surface area contributed by atoms with Gasteiger partial charge in [0.2, 0.25) is 15.9 Å². The molecule has 0 bridgehead atoms. The van der Waals surface area contributed by atoms with Crippen LogP contribution in [-0.4, -0.2) is 45.4 Å². The molecular formula is C19H29N3O3S. The van der Waals surface area contributed by atoms with Crippen LogP contribution in [0.2, 0.25) is 0 Å². The molecule has 1 saturated heterocycles. The van der Waals surface area contributed by atoms with Crippen molar-refractivity contribution in [1.29, 1.82) is 0 Å². The van der Waals surface area contributed by atoms with Crippen molar-refractivity contribution in [3.63, 3.8) is 0 Å². The third kappa shape index (κ3) is 4.64. The van der Waals surface area contributed by atoms with Crippen molar-refractivity contribution >= 4 is 15.9 Å². The minimum atomic E-state index is -3.53. The van der Waals surface area contributed by atoms with Crippen LogP contribution < -0.4 is 10.0 Å². The number of nitrogens with one attached hydrogen (secondary N) is 2. The molecule has 0 saturated carbocycles. The summed E-state index contributed by atoms with van der Waals surface area (Å²) in [5.74, 6) is 0.677. The number of amides is 1. The van der Waals surface area contributed by atoms with Gasteiger partial charge >= 0.3 is 0 Å². The quantitative estimate of drug-likeness (QED) is 0.790. The number of sulfonamides is 1. The van der Waals surface area contributed by atoms with Crippen molar-refractivity contribution in [2.75, 3.05) is 26.2 Å². The summed E-state index contributed by atoms with van der Waals surface area (Å²) in [6.07, 6.45) is 4.05. The average Bonchev–Trinajstić information content (AvgIpc) is 2.98. The number of aryl methyl sites for hydroxylation is 1. The Bertz CT molecular complexity index is 755. The van der Waals surface area contributed by atoms with Gasteiger partial charge < -0.3 is 10.2 Å². The highest BCUT2D eigenvalue weighted by molar-refractivity contribution is 7.89. The molecule has 1 amide bonds. The van der Waals surface area contributed by atoms with E-state index in [0.717, 1.165) is 49.5 Å². The lowest BCUT2D eigenvalue weighted by molar-refractivity contribution is -0.119. The van der Waals surface area contributed by atoms with Crippen LogP contribution in [0.4, 0.5) is 0 Å². The molecular weight excluding hydrogens is 350 g/mol. The Morgan fingerprint density at radius 3 is 2.65 bits per heavy atom. The van der Waals surface area contributed by atoms with Gasteiger partial charge in [0.1, 0.15) is 0 Å². The molecule has 6 nitrogen and oxygen atoms in total. The molecule has 0 radical (unpaired) electrons. The van der Waals surface area contributed by atoms with Gasteiger partial charge in [0.05, 0.1) is 10.9 Å². The van der Waals surface area contributed by atoms with Gasteiger partial charge in [-0.15, -0.1) is 0 Å². The maximum absolute atomic E-state index is 12.6. The predicted molar refractivity (Wildman–Crippen MR) is 101 cm³/mol. The van der Waals surface area contributed by atoms with Gasteiger partial charge in [0, 0.05) is 20.0 Å². The normalized spacial score (nSPS) is 21.5. The summed E-state index contributed by atoms with van der Waals surface area (Å²) < 4.78 is 28.0. The van der Waals surface area contributed by atoms with Crippen molar-refractivity contribution in [1.82, 2.24) is 14.9 Å². The molecule has 3 rings (SSSR count). The summed E-state index contributed by atoms with van der Waals surface area (Å²) in [7, 11) is -3.53. The fourth-order valence-corrected chi connectivity index (χ4v) is 4.91. The Morgan fingerprint density at radius 2 is 1.96 bits per heavy atom. The van der Waals surface area contributed by atoms with Crippen LogP contribution in [0.1, 0.15) is 50.3 Å². The van der Waals surface area contributed by atoms with E-state index in [4.69, 9.17) is 0 Å². The first-order chi connectivity index (χ1) is 12.3. The summed E-state index contributed by atoms with van der Waals surface area (Å²) in [4.78, 5) is 14.0.